The summed E-state index contributed by atoms with van der Waals surface area (Å²) in [4.78, 5) is 13.7. The summed E-state index contributed by atoms with van der Waals surface area (Å²) >= 11 is 0. The van der Waals surface area contributed by atoms with Gasteiger partial charge in [-0.3, -0.25) is 4.79 Å². The Balaban J connectivity index is 1.86. The van der Waals surface area contributed by atoms with E-state index >= 15 is 0 Å². The zero-order chi connectivity index (χ0) is 15.2. The molecule has 110 valence electrons. The summed E-state index contributed by atoms with van der Waals surface area (Å²) in [7, 11) is 1.75. The third-order valence-electron chi connectivity index (χ3n) is 3.48. The van der Waals surface area contributed by atoms with E-state index in [1.54, 1.807) is 18.0 Å². The summed E-state index contributed by atoms with van der Waals surface area (Å²) in [5, 5.41) is 0. The number of aryl methyl sites for hydroxylation is 2. The number of carbonyl (C=O) groups is 1. The van der Waals surface area contributed by atoms with Crippen LogP contribution < -0.4 is 0 Å². The highest BCUT2D eigenvalue weighted by Gasteiger charge is 2.09. The number of rotatable bonds is 5. The van der Waals surface area contributed by atoms with Gasteiger partial charge >= 0.3 is 0 Å². The van der Waals surface area contributed by atoms with Crippen LogP contribution in [0.15, 0.2) is 48.5 Å². The lowest BCUT2D eigenvalue weighted by atomic mass is 10.1. The minimum atomic E-state index is -0.270. The number of halogens is 1. The van der Waals surface area contributed by atoms with Crippen LogP contribution in [0, 0.1) is 12.7 Å². The van der Waals surface area contributed by atoms with Crippen molar-refractivity contribution in [1.29, 1.82) is 0 Å². The first kappa shape index (κ1) is 15.2. The maximum Gasteiger partial charge on any atom is 0.222 e. The molecule has 0 saturated carbocycles. The lowest BCUT2D eigenvalue weighted by molar-refractivity contribution is -0.130. The van der Waals surface area contributed by atoms with Gasteiger partial charge in [0, 0.05) is 20.0 Å². The Morgan fingerprint density at radius 1 is 1.10 bits per heavy atom. The van der Waals surface area contributed by atoms with E-state index in [1.807, 2.05) is 13.0 Å². The van der Waals surface area contributed by atoms with Gasteiger partial charge in [-0.2, -0.15) is 0 Å². The normalized spacial score (nSPS) is 10.4. The molecule has 0 aliphatic carbocycles. The monoisotopic (exact) mass is 285 g/mol. The molecule has 1 amide bonds. The first-order chi connectivity index (χ1) is 10.0. The molecule has 0 aliphatic heterocycles. The van der Waals surface area contributed by atoms with Crippen molar-refractivity contribution in [2.24, 2.45) is 0 Å². The summed E-state index contributed by atoms with van der Waals surface area (Å²) < 4.78 is 13.1. The molecule has 0 saturated heterocycles. The van der Waals surface area contributed by atoms with Gasteiger partial charge in [-0.25, -0.2) is 4.39 Å². The fourth-order valence-corrected chi connectivity index (χ4v) is 2.19. The number of amides is 1. The molecule has 0 atom stereocenters. The van der Waals surface area contributed by atoms with E-state index in [4.69, 9.17) is 0 Å². The Morgan fingerprint density at radius 2 is 1.81 bits per heavy atom. The summed E-state index contributed by atoms with van der Waals surface area (Å²) in [5.41, 5.74) is 3.18. The third kappa shape index (κ3) is 4.71. The average Bonchev–Trinajstić information content (AvgIpc) is 2.46. The minimum absolute atomic E-state index is 0.0693. The van der Waals surface area contributed by atoms with Crippen LogP contribution in [0.25, 0.3) is 0 Å². The molecule has 21 heavy (non-hydrogen) atoms. The van der Waals surface area contributed by atoms with Crippen molar-refractivity contribution in [2.75, 3.05) is 7.05 Å². The second-order valence-corrected chi connectivity index (χ2v) is 5.37. The maximum absolute atomic E-state index is 13.1. The molecular weight excluding hydrogens is 265 g/mol. The summed E-state index contributed by atoms with van der Waals surface area (Å²) in [6.45, 7) is 2.48. The lowest BCUT2D eigenvalue weighted by Gasteiger charge is -2.17. The number of carbonyl (C=O) groups excluding carboxylic acids is 1. The van der Waals surface area contributed by atoms with Gasteiger partial charge in [0.05, 0.1) is 0 Å². The number of hydrogen-bond donors (Lipinski definition) is 0. The molecule has 0 heterocycles. The van der Waals surface area contributed by atoms with E-state index in [1.165, 1.54) is 17.7 Å². The largest absolute Gasteiger partial charge is 0.341 e. The predicted molar refractivity (Wildman–Crippen MR) is 82.4 cm³/mol. The van der Waals surface area contributed by atoms with Gasteiger partial charge < -0.3 is 4.90 Å². The van der Waals surface area contributed by atoms with Crippen molar-refractivity contribution in [2.45, 2.75) is 26.3 Å². The van der Waals surface area contributed by atoms with Crippen molar-refractivity contribution < 1.29 is 9.18 Å². The van der Waals surface area contributed by atoms with Crippen LogP contribution in [-0.2, 0) is 17.8 Å². The first-order valence-electron chi connectivity index (χ1n) is 7.08. The van der Waals surface area contributed by atoms with Gasteiger partial charge in [-0.15, -0.1) is 0 Å². The highest BCUT2D eigenvalue weighted by atomic mass is 19.1. The van der Waals surface area contributed by atoms with Crippen LogP contribution in [0.2, 0.25) is 0 Å². The highest BCUT2D eigenvalue weighted by molar-refractivity contribution is 5.76. The fourth-order valence-electron chi connectivity index (χ4n) is 2.19. The van der Waals surface area contributed by atoms with E-state index in [0.717, 1.165) is 17.5 Å². The van der Waals surface area contributed by atoms with Crippen molar-refractivity contribution in [3.8, 4) is 0 Å². The van der Waals surface area contributed by atoms with Gasteiger partial charge in [-0.1, -0.05) is 42.0 Å². The van der Waals surface area contributed by atoms with Gasteiger partial charge in [0.15, 0.2) is 0 Å². The molecule has 3 heteroatoms. The molecule has 2 nitrogen and oxygen atoms in total. The van der Waals surface area contributed by atoms with E-state index < -0.39 is 0 Å². The van der Waals surface area contributed by atoms with Gasteiger partial charge in [0.25, 0.3) is 0 Å². The zero-order valence-electron chi connectivity index (χ0n) is 12.5. The number of hydrogen-bond acceptors (Lipinski definition) is 1. The molecule has 0 fully saturated rings. The van der Waals surface area contributed by atoms with Crippen LogP contribution in [0.3, 0.4) is 0 Å². The number of benzene rings is 2. The molecule has 0 spiro atoms. The van der Waals surface area contributed by atoms with Crippen LogP contribution >= 0.6 is 0 Å². The molecule has 2 rings (SSSR count). The molecule has 0 aromatic heterocycles. The SMILES string of the molecule is Cc1ccc(CCC(=O)N(C)Cc2cccc(F)c2)cc1. The molecule has 2 aromatic carbocycles. The lowest BCUT2D eigenvalue weighted by Crippen LogP contribution is -2.26. The Labute approximate surface area is 125 Å². The van der Waals surface area contributed by atoms with Crippen molar-refractivity contribution in [1.82, 2.24) is 4.90 Å². The summed E-state index contributed by atoms with van der Waals surface area (Å²) in [6, 6.07) is 14.6. The zero-order valence-corrected chi connectivity index (χ0v) is 12.5. The quantitative estimate of drug-likeness (QED) is 0.820. The maximum atomic E-state index is 13.1. The van der Waals surface area contributed by atoms with Crippen molar-refractivity contribution >= 4 is 5.91 Å². The smallest absolute Gasteiger partial charge is 0.222 e. The first-order valence-corrected chi connectivity index (χ1v) is 7.08. The molecule has 0 radical (unpaired) electrons. The highest BCUT2D eigenvalue weighted by Crippen LogP contribution is 2.10. The molecule has 0 bridgehead atoms. The topological polar surface area (TPSA) is 20.3 Å². The third-order valence-corrected chi connectivity index (χ3v) is 3.48. The molecular formula is C18H20FNO. The van der Waals surface area contributed by atoms with Crippen molar-refractivity contribution in [3.05, 3.63) is 71.0 Å². The minimum Gasteiger partial charge on any atom is -0.341 e. The average molecular weight is 285 g/mol. The molecule has 0 unspecified atom stereocenters. The number of nitrogens with zero attached hydrogens (tertiary/aromatic N) is 1. The standard InChI is InChI=1S/C18H20FNO/c1-14-6-8-15(9-7-14)10-11-18(21)20(2)13-16-4-3-5-17(19)12-16/h3-9,12H,10-11,13H2,1-2H3. The fraction of sp³-hybridized carbons (Fsp3) is 0.278. The van der Waals surface area contributed by atoms with Crippen LogP contribution in [0.5, 0.6) is 0 Å². The van der Waals surface area contributed by atoms with E-state index in [-0.39, 0.29) is 11.7 Å². The van der Waals surface area contributed by atoms with E-state index in [9.17, 15) is 9.18 Å². The van der Waals surface area contributed by atoms with Crippen LogP contribution in [0.4, 0.5) is 4.39 Å². The Bertz CT molecular complexity index is 607. The van der Waals surface area contributed by atoms with Crippen molar-refractivity contribution in [3.63, 3.8) is 0 Å². The second-order valence-electron chi connectivity index (χ2n) is 5.37. The van der Waals surface area contributed by atoms with Crippen LogP contribution in [-0.4, -0.2) is 17.9 Å². The van der Waals surface area contributed by atoms with Crippen LogP contribution in [0.1, 0.15) is 23.1 Å². The Hall–Kier alpha value is -2.16. The van der Waals surface area contributed by atoms with Gasteiger partial charge in [0.2, 0.25) is 5.91 Å². The summed E-state index contributed by atoms with van der Waals surface area (Å²) in [5.74, 6) is -0.201. The molecule has 2 aromatic rings. The second kappa shape index (κ2) is 7.02. The molecule has 0 N–H and O–H groups in total. The van der Waals surface area contributed by atoms with Gasteiger partial charge in [0.1, 0.15) is 5.82 Å². The van der Waals surface area contributed by atoms with Gasteiger partial charge in [-0.05, 0) is 36.6 Å². The van der Waals surface area contributed by atoms with E-state index in [0.29, 0.717) is 13.0 Å². The Morgan fingerprint density at radius 3 is 2.48 bits per heavy atom. The molecule has 0 aliphatic rings. The Kier molecular flexibility index (Phi) is 5.09. The summed E-state index contributed by atoms with van der Waals surface area (Å²) in [6.07, 6.45) is 1.20. The van der Waals surface area contributed by atoms with E-state index in [2.05, 4.69) is 24.3 Å². The predicted octanol–water partition coefficient (Wildman–Crippen LogP) is 3.73.